The average Bonchev–Trinajstić information content (AvgIpc) is 2.67. The van der Waals surface area contributed by atoms with Crippen molar-refractivity contribution in [2.45, 2.75) is 6.92 Å². The number of anilines is 1. The lowest BCUT2D eigenvalue weighted by Crippen LogP contribution is -2.49. The van der Waals surface area contributed by atoms with Gasteiger partial charge in [-0.2, -0.15) is 5.10 Å². The highest BCUT2D eigenvalue weighted by atomic mass is 16.5. The van der Waals surface area contributed by atoms with Gasteiger partial charge in [-0.3, -0.25) is 4.79 Å². The van der Waals surface area contributed by atoms with Gasteiger partial charge in [-0.25, -0.2) is 0 Å². The fraction of sp³-hybridized carbons (Fsp3) is 0.389. The van der Waals surface area contributed by atoms with Crippen LogP contribution in [0.3, 0.4) is 0 Å². The maximum absolute atomic E-state index is 13.0. The summed E-state index contributed by atoms with van der Waals surface area (Å²) in [5.74, 6) is 1.81. The number of ether oxygens (including phenoxy) is 2. The van der Waals surface area contributed by atoms with Gasteiger partial charge in [0.05, 0.1) is 19.9 Å². The highest BCUT2D eigenvalue weighted by Gasteiger charge is 2.27. The van der Waals surface area contributed by atoms with Crippen LogP contribution in [0.25, 0.3) is 0 Å². The average molecular weight is 342 g/mol. The third-order valence-electron chi connectivity index (χ3n) is 4.32. The molecule has 7 heteroatoms. The maximum atomic E-state index is 13.0. The van der Waals surface area contributed by atoms with E-state index in [2.05, 4.69) is 15.1 Å². The van der Waals surface area contributed by atoms with Crippen LogP contribution < -0.4 is 14.4 Å². The summed E-state index contributed by atoms with van der Waals surface area (Å²) < 4.78 is 10.7. The van der Waals surface area contributed by atoms with Crippen molar-refractivity contribution < 1.29 is 14.3 Å². The van der Waals surface area contributed by atoms with Crippen molar-refractivity contribution in [3.8, 4) is 11.5 Å². The minimum Gasteiger partial charge on any atom is -0.496 e. The highest BCUT2D eigenvalue weighted by molar-refractivity contribution is 5.99. The molecule has 0 saturated carbocycles. The minimum absolute atomic E-state index is 0.0797. The number of carbonyl (C=O) groups excluding carboxylic acids is 1. The van der Waals surface area contributed by atoms with E-state index in [0.717, 1.165) is 11.5 Å². The predicted octanol–water partition coefficient (Wildman–Crippen LogP) is 1.76. The van der Waals surface area contributed by atoms with E-state index >= 15 is 0 Å². The van der Waals surface area contributed by atoms with Crippen LogP contribution in [0.5, 0.6) is 11.5 Å². The van der Waals surface area contributed by atoms with Gasteiger partial charge in [-0.05, 0) is 31.2 Å². The van der Waals surface area contributed by atoms with Crippen molar-refractivity contribution in [2.24, 2.45) is 0 Å². The van der Waals surface area contributed by atoms with Gasteiger partial charge in [0, 0.05) is 26.2 Å². The first kappa shape index (κ1) is 17.0. The second-order valence-corrected chi connectivity index (χ2v) is 5.85. The molecule has 1 aromatic heterocycles. The predicted molar refractivity (Wildman–Crippen MR) is 94.4 cm³/mol. The lowest BCUT2D eigenvalue weighted by Gasteiger charge is -2.35. The lowest BCUT2D eigenvalue weighted by atomic mass is 10.1. The Bertz CT molecular complexity index is 718. The topological polar surface area (TPSA) is 67.8 Å². The zero-order valence-electron chi connectivity index (χ0n) is 14.7. The molecule has 1 aliphatic heterocycles. The fourth-order valence-electron chi connectivity index (χ4n) is 2.92. The third kappa shape index (κ3) is 3.50. The zero-order valence-corrected chi connectivity index (χ0v) is 14.7. The number of hydrogen-bond donors (Lipinski definition) is 0. The largest absolute Gasteiger partial charge is 0.496 e. The van der Waals surface area contributed by atoms with Crippen LogP contribution >= 0.6 is 0 Å². The van der Waals surface area contributed by atoms with E-state index in [-0.39, 0.29) is 5.91 Å². The molecule has 0 aliphatic carbocycles. The number of carbonyl (C=O) groups is 1. The number of amides is 1. The van der Waals surface area contributed by atoms with Gasteiger partial charge in [0.2, 0.25) is 0 Å². The summed E-state index contributed by atoms with van der Waals surface area (Å²) in [7, 11) is 3.11. The molecule has 25 heavy (non-hydrogen) atoms. The van der Waals surface area contributed by atoms with Crippen molar-refractivity contribution in [1.29, 1.82) is 0 Å². The molecule has 3 rings (SSSR count). The highest BCUT2D eigenvalue weighted by Crippen LogP contribution is 2.30. The van der Waals surface area contributed by atoms with Gasteiger partial charge in [-0.15, -0.1) is 5.10 Å². The van der Waals surface area contributed by atoms with Crippen LogP contribution in [-0.2, 0) is 0 Å². The lowest BCUT2D eigenvalue weighted by molar-refractivity contribution is 0.0739. The van der Waals surface area contributed by atoms with E-state index < -0.39 is 0 Å². The molecule has 1 fully saturated rings. The fourth-order valence-corrected chi connectivity index (χ4v) is 2.92. The van der Waals surface area contributed by atoms with Gasteiger partial charge < -0.3 is 19.3 Å². The quantitative estimate of drug-likeness (QED) is 0.843. The van der Waals surface area contributed by atoms with Gasteiger partial charge in [0.15, 0.2) is 5.82 Å². The molecule has 0 radical (unpaired) electrons. The zero-order chi connectivity index (χ0) is 17.8. The molecule has 0 unspecified atom stereocenters. The van der Waals surface area contributed by atoms with E-state index in [4.69, 9.17) is 9.47 Å². The summed E-state index contributed by atoms with van der Waals surface area (Å²) in [6.45, 7) is 4.54. The number of benzene rings is 1. The van der Waals surface area contributed by atoms with Gasteiger partial charge in [0.25, 0.3) is 5.91 Å². The molecule has 1 aliphatic rings. The van der Waals surface area contributed by atoms with Crippen molar-refractivity contribution in [1.82, 2.24) is 15.1 Å². The molecule has 1 aromatic carbocycles. The molecule has 2 aromatic rings. The standard InChI is InChI=1S/C18H22N4O3/c1-13-7-8-16(20-19-13)21-9-11-22(12-10-21)18(23)17-14(24-2)5-4-6-15(17)25-3/h4-8H,9-12H2,1-3H3. The molecular weight excluding hydrogens is 320 g/mol. The number of methoxy groups -OCH3 is 2. The van der Waals surface area contributed by atoms with Crippen LogP contribution in [0.4, 0.5) is 5.82 Å². The molecule has 0 spiro atoms. The second-order valence-electron chi connectivity index (χ2n) is 5.85. The number of hydrogen-bond acceptors (Lipinski definition) is 6. The van der Waals surface area contributed by atoms with Crippen molar-refractivity contribution >= 4 is 11.7 Å². The Morgan fingerprint density at radius 3 is 2.12 bits per heavy atom. The molecular formula is C18H22N4O3. The van der Waals surface area contributed by atoms with Gasteiger partial charge in [-0.1, -0.05) is 6.07 Å². The van der Waals surface area contributed by atoms with Crippen LogP contribution in [0.1, 0.15) is 16.1 Å². The molecule has 0 N–H and O–H groups in total. The summed E-state index contributed by atoms with van der Waals surface area (Å²) in [5.41, 5.74) is 1.36. The summed E-state index contributed by atoms with van der Waals surface area (Å²) in [6, 6.07) is 9.26. The van der Waals surface area contributed by atoms with E-state index in [1.54, 1.807) is 26.4 Å². The summed E-state index contributed by atoms with van der Waals surface area (Å²) in [5, 5.41) is 8.31. The smallest absolute Gasteiger partial charge is 0.261 e. The molecule has 0 bridgehead atoms. The number of aromatic nitrogens is 2. The first-order chi connectivity index (χ1) is 12.1. The summed E-state index contributed by atoms with van der Waals surface area (Å²) >= 11 is 0. The van der Waals surface area contributed by atoms with E-state index in [0.29, 0.717) is 43.2 Å². The Morgan fingerprint density at radius 1 is 0.960 bits per heavy atom. The second kappa shape index (κ2) is 7.38. The van der Waals surface area contributed by atoms with Crippen LogP contribution in [0, 0.1) is 6.92 Å². The monoisotopic (exact) mass is 342 g/mol. The van der Waals surface area contributed by atoms with Gasteiger partial charge >= 0.3 is 0 Å². The maximum Gasteiger partial charge on any atom is 0.261 e. The molecule has 0 atom stereocenters. The van der Waals surface area contributed by atoms with Crippen LogP contribution in [-0.4, -0.2) is 61.4 Å². The molecule has 1 amide bonds. The first-order valence-corrected chi connectivity index (χ1v) is 8.19. The Hall–Kier alpha value is -2.83. The van der Waals surface area contributed by atoms with Crippen LogP contribution in [0.15, 0.2) is 30.3 Å². The number of rotatable bonds is 4. The minimum atomic E-state index is -0.0797. The third-order valence-corrected chi connectivity index (χ3v) is 4.32. The molecule has 1 saturated heterocycles. The molecule has 7 nitrogen and oxygen atoms in total. The van der Waals surface area contributed by atoms with E-state index in [1.807, 2.05) is 30.0 Å². The number of piperazine rings is 1. The number of aryl methyl sites for hydroxylation is 1. The Morgan fingerprint density at radius 2 is 1.60 bits per heavy atom. The number of nitrogens with zero attached hydrogens (tertiary/aromatic N) is 4. The molecule has 2 heterocycles. The van der Waals surface area contributed by atoms with Crippen molar-refractivity contribution in [2.75, 3.05) is 45.3 Å². The normalized spacial score (nSPS) is 14.4. The summed E-state index contributed by atoms with van der Waals surface area (Å²) in [4.78, 5) is 16.9. The van der Waals surface area contributed by atoms with E-state index in [9.17, 15) is 4.79 Å². The van der Waals surface area contributed by atoms with Gasteiger partial charge in [0.1, 0.15) is 17.1 Å². The molecule has 132 valence electrons. The van der Waals surface area contributed by atoms with E-state index in [1.165, 1.54) is 0 Å². The Kier molecular flexibility index (Phi) is 5.02. The SMILES string of the molecule is COc1cccc(OC)c1C(=O)N1CCN(c2ccc(C)nn2)CC1. The van der Waals surface area contributed by atoms with Crippen LogP contribution in [0.2, 0.25) is 0 Å². The van der Waals surface area contributed by atoms with Crippen molar-refractivity contribution in [3.63, 3.8) is 0 Å². The first-order valence-electron chi connectivity index (χ1n) is 8.19. The van der Waals surface area contributed by atoms with Crippen molar-refractivity contribution in [3.05, 3.63) is 41.6 Å². The summed E-state index contributed by atoms with van der Waals surface area (Å²) in [6.07, 6.45) is 0. The Labute approximate surface area is 147 Å². The Balaban J connectivity index is 1.73.